The van der Waals surface area contributed by atoms with Crippen LogP contribution >= 0.6 is 11.3 Å². The molecule has 2 aliphatic carbocycles. The number of alkyl halides is 1. The normalized spacial score (nSPS) is 28.3. The van der Waals surface area contributed by atoms with Crippen LogP contribution in [0.5, 0.6) is 0 Å². The molecule has 27 heavy (non-hydrogen) atoms. The van der Waals surface area contributed by atoms with Crippen LogP contribution in [0.2, 0.25) is 0 Å². The van der Waals surface area contributed by atoms with Crippen molar-refractivity contribution in [3.05, 3.63) is 20.5 Å². The number of hydrogen-bond acceptors (Lipinski definition) is 4. The van der Waals surface area contributed by atoms with Crippen LogP contribution in [0.1, 0.15) is 49.0 Å². The van der Waals surface area contributed by atoms with Gasteiger partial charge >= 0.3 is 177 Å². The molecule has 1 aliphatic heterocycles. The van der Waals surface area contributed by atoms with Gasteiger partial charge in [-0.1, -0.05) is 0 Å². The van der Waals surface area contributed by atoms with E-state index in [4.69, 9.17) is 9.72 Å². The number of morpholine rings is 1. The molecule has 6 heteroatoms. The Kier molecular flexibility index (Phi) is 5.43. The van der Waals surface area contributed by atoms with E-state index in [0.717, 1.165) is 23.2 Å². The van der Waals surface area contributed by atoms with E-state index in [1.165, 1.54) is 82.9 Å². The maximum absolute atomic E-state index is 5.65. The first-order valence-electron chi connectivity index (χ1n) is 10.5. The fourth-order valence-electron chi connectivity index (χ4n) is 5.18. The van der Waals surface area contributed by atoms with Crippen molar-refractivity contribution in [1.82, 2.24) is 9.97 Å². The van der Waals surface area contributed by atoms with E-state index in [9.17, 15) is 0 Å². The van der Waals surface area contributed by atoms with Crippen molar-refractivity contribution in [3.8, 4) is 0 Å². The second kappa shape index (κ2) is 7.84. The van der Waals surface area contributed by atoms with Crippen LogP contribution in [0, 0.1) is 3.70 Å². The summed E-state index contributed by atoms with van der Waals surface area (Å²) in [6.07, 6.45) is 12.7. The molecule has 3 aliphatic rings. The second-order valence-corrected chi connectivity index (χ2v) is 13.1. The van der Waals surface area contributed by atoms with Gasteiger partial charge in [0.05, 0.1) is 0 Å². The predicted molar refractivity (Wildman–Crippen MR) is 106 cm³/mol. The van der Waals surface area contributed by atoms with E-state index < -0.39 is 0 Å². The molecule has 4 nitrogen and oxygen atoms in total. The quantitative estimate of drug-likeness (QED) is 0.269. The molecule has 5 rings (SSSR count). The standard InChI is InChI=1S/C21H30IN3OS/c1-25(9-11-26-12-10-25)16-6-4-5-15(13-16)22-20-19-17-7-2-3-8-18(17)27-21(19)24-14-23-20/h14-16H,2-13H2,1H3. The average molecular weight is 499 g/mol. The van der Waals surface area contributed by atoms with Crippen LogP contribution < -0.4 is 21.2 Å². The molecule has 2 fully saturated rings. The minimum atomic E-state index is -0.0456. The van der Waals surface area contributed by atoms with Crippen LogP contribution in [0.25, 0.3) is 10.2 Å². The molecule has 0 N–H and O–H groups in total. The summed E-state index contributed by atoms with van der Waals surface area (Å²) in [7, 11) is 2.48. The average Bonchev–Trinajstić information content (AvgIpc) is 3.08. The van der Waals surface area contributed by atoms with Gasteiger partial charge in [0.25, 0.3) is 0 Å². The summed E-state index contributed by atoms with van der Waals surface area (Å²) in [6.45, 7) is 4.29. The molecule has 2 unspecified atom stereocenters. The van der Waals surface area contributed by atoms with Crippen molar-refractivity contribution in [2.75, 3.05) is 33.4 Å². The SMILES string of the molecule is C[N+]1(C2CCCC([I-]c3ncnc4sc5c(c34)CCCC5)C2)CCOCC1. The Morgan fingerprint density at radius 2 is 1.96 bits per heavy atom. The Morgan fingerprint density at radius 3 is 2.85 bits per heavy atom. The number of likely N-dealkylation sites (N-methyl/N-ethyl adjacent to an activating group) is 1. The van der Waals surface area contributed by atoms with E-state index in [1.807, 2.05) is 17.7 Å². The predicted octanol–water partition coefficient (Wildman–Crippen LogP) is 0.617. The van der Waals surface area contributed by atoms with E-state index in [1.54, 1.807) is 10.4 Å². The summed E-state index contributed by atoms with van der Waals surface area (Å²) < 4.78 is 9.23. The zero-order chi connectivity index (χ0) is 18.3. The Morgan fingerprint density at radius 1 is 1.11 bits per heavy atom. The molecule has 1 saturated carbocycles. The van der Waals surface area contributed by atoms with Gasteiger partial charge in [-0.3, -0.25) is 0 Å². The Bertz CT molecular complexity index is 817. The van der Waals surface area contributed by atoms with Crippen LogP contribution in [0.15, 0.2) is 6.33 Å². The Hall–Kier alpha value is -0.310. The zero-order valence-corrected chi connectivity index (χ0v) is 19.2. The number of fused-ring (bicyclic) bond motifs is 3. The van der Waals surface area contributed by atoms with Gasteiger partial charge < -0.3 is 0 Å². The third-order valence-corrected chi connectivity index (χ3v) is 11.5. The molecule has 0 spiro atoms. The van der Waals surface area contributed by atoms with Gasteiger partial charge in [0.2, 0.25) is 0 Å². The molecule has 0 radical (unpaired) electrons. The van der Waals surface area contributed by atoms with E-state index >= 15 is 0 Å². The fourth-order valence-corrected chi connectivity index (χ4v) is 10.2. The molecule has 2 aromatic heterocycles. The molecule has 0 aromatic carbocycles. The van der Waals surface area contributed by atoms with Crippen LogP contribution in [0.4, 0.5) is 0 Å². The molecule has 3 heterocycles. The van der Waals surface area contributed by atoms with E-state index in [0.29, 0.717) is 0 Å². The number of halogens is 1. The number of aromatic nitrogens is 2. The van der Waals surface area contributed by atoms with E-state index in [-0.39, 0.29) is 21.2 Å². The van der Waals surface area contributed by atoms with Gasteiger partial charge in [-0.15, -0.1) is 0 Å². The minimum absolute atomic E-state index is 0.0456. The van der Waals surface area contributed by atoms with Gasteiger partial charge in [0, 0.05) is 0 Å². The summed E-state index contributed by atoms with van der Waals surface area (Å²) in [5.41, 5.74) is 1.62. The number of quaternary nitrogens is 1. The topological polar surface area (TPSA) is 35.0 Å². The third kappa shape index (κ3) is 3.67. The van der Waals surface area contributed by atoms with Crippen molar-refractivity contribution < 1.29 is 30.4 Å². The number of aryl methyl sites for hydroxylation is 2. The third-order valence-electron chi connectivity index (χ3n) is 6.92. The van der Waals surface area contributed by atoms with Crippen LogP contribution in [-0.2, 0) is 17.6 Å². The Balaban J connectivity index is 1.38. The summed E-state index contributed by atoms with van der Waals surface area (Å²) in [4.78, 5) is 12.4. The molecule has 2 aromatic rings. The molecule has 0 bridgehead atoms. The summed E-state index contributed by atoms with van der Waals surface area (Å²) in [5.74, 6) is 0. The van der Waals surface area contributed by atoms with E-state index in [2.05, 4.69) is 12.0 Å². The molecule has 148 valence electrons. The Labute approximate surface area is 176 Å². The van der Waals surface area contributed by atoms with Gasteiger partial charge in [-0.2, -0.15) is 0 Å². The summed E-state index contributed by atoms with van der Waals surface area (Å²) >= 11 is 1.90. The molecule has 1 saturated heterocycles. The summed E-state index contributed by atoms with van der Waals surface area (Å²) in [6, 6.07) is 0.834. The number of hydrogen-bond donors (Lipinski definition) is 0. The second-order valence-electron chi connectivity index (χ2n) is 8.62. The van der Waals surface area contributed by atoms with Crippen molar-refractivity contribution in [2.45, 2.75) is 61.3 Å². The maximum atomic E-state index is 5.65. The molecule has 2 atom stereocenters. The van der Waals surface area contributed by atoms with Crippen molar-refractivity contribution in [2.24, 2.45) is 0 Å². The number of nitrogens with zero attached hydrogens (tertiary/aromatic N) is 3. The van der Waals surface area contributed by atoms with Gasteiger partial charge in [0.15, 0.2) is 0 Å². The zero-order valence-electron chi connectivity index (χ0n) is 16.3. The first-order valence-corrected chi connectivity index (χ1v) is 13.7. The molecule has 0 amide bonds. The first kappa shape index (κ1) is 18.7. The molecular weight excluding hydrogens is 469 g/mol. The van der Waals surface area contributed by atoms with Gasteiger partial charge in [0.1, 0.15) is 0 Å². The van der Waals surface area contributed by atoms with Crippen LogP contribution in [0.3, 0.4) is 0 Å². The monoisotopic (exact) mass is 499 g/mol. The number of ether oxygens (including phenoxy) is 1. The van der Waals surface area contributed by atoms with Crippen molar-refractivity contribution in [3.63, 3.8) is 0 Å². The van der Waals surface area contributed by atoms with Crippen molar-refractivity contribution >= 4 is 21.6 Å². The first-order chi connectivity index (χ1) is 13.2. The summed E-state index contributed by atoms with van der Waals surface area (Å²) in [5, 5.41) is 1.49. The van der Waals surface area contributed by atoms with Crippen LogP contribution in [-0.4, -0.2) is 57.8 Å². The fraction of sp³-hybridized carbons (Fsp3) is 0.714. The van der Waals surface area contributed by atoms with Gasteiger partial charge in [-0.25, -0.2) is 0 Å². The van der Waals surface area contributed by atoms with Gasteiger partial charge in [-0.05, 0) is 0 Å². The molecular formula is C21H30IN3OS. The number of rotatable bonds is 3. The number of thiophene rings is 1. The van der Waals surface area contributed by atoms with Crippen molar-refractivity contribution in [1.29, 1.82) is 0 Å².